The van der Waals surface area contributed by atoms with Crippen molar-refractivity contribution < 1.29 is 21.2 Å². The second kappa shape index (κ2) is 7.86. The molecule has 0 amide bonds. The van der Waals surface area contributed by atoms with E-state index in [0.717, 1.165) is 11.0 Å². The van der Waals surface area contributed by atoms with E-state index in [-0.39, 0.29) is 32.2 Å². The highest BCUT2D eigenvalue weighted by Gasteiger charge is 2.36. The van der Waals surface area contributed by atoms with Gasteiger partial charge in [-0.15, -0.1) is 0 Å². The largest absolute Gasteiger partial charge is 0.265 e. The lowest BCUT2D eigenvalue weighted by molar-refractivity contribution is 0.584. The Hall–Kier alpha value is -2.97. The summed E-state index contributed by atoms with van der Waals surface area (Å²) in [5, 5.41) is 1.04. The molecule has 0 N–H and O–H groups in total. The molecular weight excluding hydrogens is 449 g/mol. The molecule has 1 aliphatic heterocycles. The predicted octanol–water partition coefficient (Wildman–Crippen LogP) is 4.91. The van der Waals surface area contributed by atoms with Crippen molar-refractivity contribution >= 4 is 31.1 Å². The van der Waals surface area contributed by atoms with Gasteiger partial charge in [0.05, 0.1) is 15.5 Å². The summed E-state index contributed by atoms with van der Waals surface area (Å²) in [7, 11) is -8.00. The number of hydrogen-bond donors (Lipinski definition) is 0. The average molecular weight is 472 g/mol. The van der Waals surface area contributed by atoms with E-state index in [9.17, 15) is 21.2 Å². The first kappa shape index (κ1) is 22.2. The van der Waals surface area contributed by atoms with Crippen molar-refractivity contribution in [2.45, 2.75) is 36.6 Å². The van der Waals surface area contributed by atoms with Gasteiger partial charge in [-0.3, -0.25) is 4.31 Å². The molecule has 1 heterocycles. The van der Waals surface area contributed by atoms with Gasteiger partial charge >= 0.3 is 0 Å². The molecule has 0 atom stereocenters. The van der Waals surface area contributed by atoms with E-state index < -0.39 is 31.7 Å². The molecule has 32 heavy (non-hydrogen) atoms. The number of nitrogens with zero attached hydrogens (tertiary/aromatic N) is 1. The molecule has 0 spiro atoms. The SMILES string of the molecule is Cc1ccc2c(c1)/C(=C/S(=O)(=O)c1ccccc1)c1cc(F)ccc1N(C(C)C)S2(=O)=O. The summed E-state index contributed by atoms with van der Waals surface area (Å²) in [5.41, 5.74) is 1.53. The maximum atomic E-state index is 14.4. The van der Waals surface area contributed by atoms with Crippen LogP contribution in [0.1, 0.15) is 30.5 Å². The van der Waals surface area contributed by atoms with Gasteiger partial charge in [0.15, 0.2) is 9.84 Å². The Kier molecular flexibility index (Phi) is 5.46. The normalized spacial score (nSPS) is 16.5. The predicted molar refractivity (Wildman–Crippen MR) is 123 cm³/mol. The lowest BCUT2D eigenvalue weighted by atomic mass is 9.96. The van der Waals surface area contributed by atoms with Crippen LogP contribution in [-0.2, 0) is 19.9 Å². The number of sulfonamides is 1. The van der Waals surface area contributed by atoms with Gasteiger partial charge in [0, 0.05) is 28.1 Å². The van der Waals surface area contributed by atoms with E-state index in [1.165, 1.54) is 40.7 Å². The fourth-order valence-corrected chi connectivity index (χ4v) is 7.00. The van der Waals surface area contributed by atoms with Crippen molar-refractivity contribution in [3.63, 3.8) is 0 Å². The standard InChI is InChI=1S/C24H22FNO4S2/c1-16(2)26-23-11-10-18(25)14-20(23)22(15-31(27,28)19-7-5-4-6-8-19)21-13-17(3)9-12-24(21)32(26,29)30/h4-16H,1-3H3/b22-15+. The van der Waals surface area contributed by atoms with Crippen LogP contribution in [0.15, 0.2) is 81.9 Å². The Labute approximate surface area is 187 Å². The van der Waals surface area contributed by atoms with Crippen LogP contribution in [-0.4, -0.2) is 22.9 Å². The van der Waals surface area contributed by atoms with Gasteiger partial charge in [-0.1, -0.05) is 35.9 Å². The number of benzene rings is 3. The summed E-state index contributed by atoms with van der Waals surface area (Å²) in [6, 6.07) is 15.9. The van der Waals surface area contributed by atoms with Gasteiger partial charge in [0.25, 0.3) is 10.0 Å². The number of hydrogen-bond acceptors (Lipinski definition) is 4. The van der Waals surface area contributed by atoms with E-state index in [4.69, 9.17) is 0 Å². The van der Waals surface area contributed by atoms with Crippen LogP contribution in [0.4, 0.5) is 10.1 Å². The molecule has 8 heteroatoms. The van der Waals surface area contributed by atoms with Crippen LogP contribution in [0.5, 0.6) is 0 Å². The fourth-order valence-electron chi connectivity index (χ4n) is 3.89. The first-order valence-corrected chi connectivity index (χ1v) is 13.0. The highest BCUT2D eigenvalue weighted by molar-refractivity contribution is 7.94. The molecule has 3 aromatic rings. The molecule has 3 aromatic carbocycles. The third-order valence-electron chi connectivity index (χ3n) is 5.26. The van der Waals surface area contributed by atoms with Crippen molar-refractivity contribution in [3.8, 4) is 0 Å². The zero-order chi connectivity index (χ0) is 23.3. The Morgan fingerprint density at radius 3 is 2.28 bits per heavy atom. The molecule has 0 radical (unpaired) electrons. The van der Waals surface area contributed by atoms with Crippen molar-refractivity contribution in [2.24, 2.45) is 0 Å². The van der Waals surface area contributed by atoms with Crippen molar-refractivity contribution in [3.05, 3.63) is 94.6 Å². The van der Waals surface area contributed by atoms with E-state index in [1.807, 2.05) is 0 Å². The van der Waals surface area contributed by atoms with Crippen molar-refractivity contribution in [2.75, 3.05) is 4.31 Å². The summed E-state index contributed by atoms with van der Waals surface area (Å²) in [6.07, 6.45) is 0. The number of fused-ring (bicyclic) bond motifs is 2. The minimum absolute atomic E-state index is 0.0251. The zero-order valence-electron chi connectivity index (χ0n) is 17.8. The van der Waals surface area contributed by atoms with Gasteiger partial charge in [0.2, 0.25) is 0 Å². The Balaban J connectivity index is 2.16. The zero-order valence-corrected chi connectivity index (χ0v) is 19.4. The second-order valence-corrected chi connectivity index (χ2v) is 11.5. The van der Waals surface area contributed by atoms with Crippen LogP contribution in [0.3, 0.4) is 0 Å². The lowest BCUT2D eigenvalue weighted by Crippen LogP contribution is -2.37. The Morgan fingerprint density at radius 2 is 1.62 bits per heavy atom. The van der Waals surface area contributed by atoms with Crippen LogP contribution in [0.2, 0.25) is 0 Å². The molecule has 0 unspecified atom stereocenters. The van der Waals surface area contributed by atoms with E-state index in [1.54, 1.807) is 51.1 Å². The fraction of sp³-hybridized carbons (Fsp3) is 0.167. The molecule has 1 aliphatic rings. The molecule has 4 rings (SSSR count). The molecule has 166 valence electrons. The molecule has 0 bridgehead atoms. The summed E-state index contributed by atoms with van der Waals surface area (Å²) >= 11 is 0. The first-order chi connectivity index (χ1) is 15.0. The number of rotatable bonds is 3. The Bertz CT molecular complexity index is 1440. The molecular formula is C24H22FNO4S2. The van der Waals surface area contributed by atoms with Gasteiger partial charge < -0.3 is 0 Å². The van der Waals surface area contributed by atoms with Gasteiger partial charge in [0.1, 0.15) is 5.82 Å². The molecule has 0 saturated heterocycles. The molecule has 0 fully saturated rings. The summed E-state index contributed by atoms with van der Waals surface area (Å²) in [4.78, 5) is 0.0374. The van der Waals surface area contributed by atoms with E-state index >= 15 is 0 Å². The Morgan fingerprint density at radius 1 is 0.938 bits per heavy atom. The smallest absolute Gasteiger partial charge is 0.263 e. The summed E-state index contributed by atoms with van der Waals surface area (Å²) in [6.45, 7) is 5.22. The van der Waals surface area contributed by atoms with Crippen molar-refractivity contribution in [1.29, 1.82) is 0 Å². The van der Waals surface area contributed by atoms with Gasteiger partial charge in [-0.2, -0.15) is 0 Å². The van der Waals surface area contributed by atoms with Crippen LogP contribution in [0.25, 0.3) is 5.57 Å². The highest BCUT2D eigenvalue weighted by Crippen LogP contribution is 2.43. The van der Waals surface area contributed by atoms with Crippen LogP contribution >= 0.6 is 0 Å². The number of halogens is 1. The quantitative estimate of drug-likeness (QED) is 0.544. The topological polar surface area (TPSA) is 71.5 Å². The summed E-state index contributed by atoms with van der Waals surface area (Å²) < 4.78 is 69.4. The molecule has 5 nitrogen and oxygen atoms in total. The monoisotopic (exact) mass is 471 g/mol. The van der Waals surface area contributed by atoms with Crippen LogP contribution in [0, 0.1) is 12.7 Å². The maximum absolute atomic E-state index is 14.4. The molecule has 0 aromatic heterocycles. The summed E-state index contributed by atoms with van der Waals surface area (Å²) in [5.74, 6) is -0.594. The number of aryl methyl sites for hydroxylation is 1. The van der Waals surface area contributed by atoms with E-state index in [2.05, 4.69) is 0 Å². The minimum atomic E-state index is -4.04. The van der Waals surface area contributed by atoms with Gasteiger partial charge in [-0.05, 0) is 57.2 Å². The molecule has 0 saturated carbocycles. The average Bonchev–Trinajstić information content (AvgIpc) is 2.80. The first-order valence-electron chi connectivity index (χ1n) is 9.99. The third kappa shape index (κ3) is 3.73. The van der Waals surface area contributed by atoms with E-state index in [0.29, 0.717) is 0 Å². The highest BCUT2D eigenvalue weighted by atomic mass is 32.2. The van der Waals surface area contributed by atoms with Crippen molar-refractivity contribution in [1.82, 2.24) is 0 Å². The van der Waals surface area contributed by atoms with Crippen LogP contribution < -0.4 is 4.31 Å². The van der Waals surface area contributed by atoms with Gasteiger partial charge in [-0.25, -0.2) is 21.2 Å². The molecule has 0 aliphatic carbocycles. The second-order valence-electron chi connectivity index (χ2n) is 7.95. The number of sulfone groups is 1. The maximum Gasteiger partial charge on any atom is 0.265 e. The number of anilines is 1. The third-order valence-corrected chi connectivity index (χ3v) is 8.79. The minimum Gasteiger partial charge on any atom is -0.263 e. The lowest BCUT2D eigenvalue weighted by Gasteiger charge is -2.28.